The number of aryl methyl sites for hydroxylation is 1. The van der Waals surface area contributed by atoms with Gasteiger partial charge in [0.1, 0.15) is 11.1 Å². The van der Waals surface area contributed by atoms with Crippen LogP contribution in [0.3, 0.4) is 0 Å². The molecule has 1 saturated heterocycles. The van der Waals surface area contributed by atoms with Crippen LogP contribution in [0.2, 0.25) is 0 Å². The van der Waals surface area contributed by atoms with Crippen LogP contribution in [-0.4, -0.2) is 41.6 Å². The fourth-order valence-corrected chi connectivity index (χ4v) is 2.18. The minimum atomic E-state index is -0.314. The Morgan fingerprint density at radius 1 is 1.47 bits per heavy atom. The lowest BCUT2D eigenvalue weighted by Gasteiger charge is -2.32. The first-order chi connectivity index (χ1) is 9.06. The summed E-state index contributed by atoms with van der Waals surface area (Å²) in [4.78, 5) is 14.3. The van der Waals surface area contributed by atoms with Crippen LogP contribution < -0.4 is 5.73 Å². The summed E-state index contributed by atoms with van der Waals surface area (Å²) in [5, 5.41) is 0. The van der Waals surface area contributed by atoms with Gasteiger partial charge in [-0.15, -0.1) is 0 Å². The average Bonchev–Trinajstić information content (AvgIpc) is 2.41. The molecular weight excluding hydrogens is 260 g/mol. The van der Waals surface area contributed by atoms with Gasteiger partial charge in [-0.05, 0) is 12.5 Å². The topological polar surface area (TPSA) is 55.6 Å². The van der Waals surface area contributed by atoms with Crippen molar-refractivity contribution >= 4 is 23.1 Å². The van der Waals surface area contributed by atoms with Crippen molar-refractivity contribution in [3.05, 3.63) is 35.4 Å². The fourth-order valence-electron chi connectivity index (χ4n) is 2.04. The van der Waals surface area contributed by atoms with E-state index in [4.69, 9.17) is 22.7 Å². The zero-order valence-electron chi connectivity index (χ0n) is 11.0. The van der Waals surface area contributed by atoms with Gasteiger partial charge in [0.25, 0.3) is 0 Å². The van der Waals surface area contributed by atoms with Crippen LogP contribution in [0.1, 0.15) is 11.1 Å². The summed E-state index contributed by atoms with van der Waals surface area (Å²) >= 11 is 4.91. The quantitative estimate of drug-likeness (QED) is 0.840. The number of morpholine rings is 1. The zero-order valence-corrected chi connectivity index (χ0v) is 11.8. The second-order valence-corrected chi connectivity index (χ2v) is 5.24. The third kappa shape index (κ3) is 3.75. The van der Waals surface area contributed by atoms with E-state index < -0.39 is 0 Å². The largest absolute Gasteiger partial charge is 0.391 e. The fraction of sp³-hybridized carbons (Fsp3) is 0.429. The van der Waals surface area contributed by atoms with Gasteiger partial charge in [0.2, 0.25) is 5.91 Å². The Balaban J connectivity index is 1.96. The Kier molecular flexibility index (Phi) is 4.50. The van der Waals surface area contributed by atoms with Gasteiger partial charge in [-0.25, -0.2) is 0 Å². The number of ether oxygens (including phenoxy) is 1. The number of rotatable bonds is 3. The molecule has 0 aliphatic carbocycles. The summed E-state index contributed by atoms with van der Waals surface area (Å²) in [5.74, 6) is 0.0911. The summed E-state index contributed by atoms with van der Waals surface area (Å²) < 4.78 is 5.43. The van der Waals surface area contributed by atoms with Crippen molar-refractivity contribution in [2.75, 3.05) is 19.7 Å². The Bertz CT molecular complexity index is 473. The van der Waals surface area contributed by atoms with E-state index in [2.05, 4.69) is 0 Å². The molecule has 2 rings (SSSR count). The van der Waals surface area contributed by atoms with Gasteiger partial charge in [0, 0.05) is 6.54 Å². The molecule has 0 saturated carbocycles. The molecule has 1 aromatic carbocycles. The second-order valence-electron chi connectivity index (χ2n) is 4.76. The van der Waals surface area contributed by atoms with E-state index in [1.165, 1.54) is 5.56 Å². The monoisotopic (exact) mass is 278 g/mol. The van der Waals surface area contributed by atoms with Crippen molar-refractivity contribution in [2.24, 2.45) is 5.73 Å². The smallest absolute Gasteiger partial charge is 0.227 e. The van der Waals surface area contributed by atoms with E-state index in [0.717, 1.165) is 5.56 Å². The van der Waals surface area contributed by atoms with Crippen molar-refractivity contribution in [3.63, 3.8) is 0 Å². The summed E-state index contributed by atoms with van der Waals surface area (Å²) in [6.45, 7) is 3.58. The standard InChI is InChI=1S/C14H18N2O2S/c1-10-2-4-11(5-3-10)8-13(17)16-6-7-18-12(9-16)14(15)19/h2-5,12H,6-9H2,1H3,(H2,15,19). The highest BCUT2D eigenvalue weighted by atomic mass is 32.1. The van der Waals surface area contributed by atoms with Gasteiger partial charge >= 0.3 is 0 Å². The minimum absolute atomic E-state index is 0.0911. The van der Waals surface area contributed by atoms with Gasteiger partial charge < -0.3 is 15.4 Å². The first-order valence-corrected chi connectivity index (χ1v) is 6.71. The maximum Gasteiger partial charge on any atom is 0.227 e. The molecule has 1 aliphatic heterocycles. The molecule has 5 heteroatoms. The first-order valence-electron chi connectivity index (χ1n) is 6.30. The molecule has 0 radical (unpaired) electrons. The molecule has 4 nitrogen and oxygen atoms in total. The Labute approximate surface area is 118 Å². The van der Waals surface area contributed by atoms with Crippen molar-refractivity contribution < 1.29 is 9.53 Å². The first kappa shape index (κ1) is 14.0. The number of carbonyl (C=O) groups is 1. The van der Waals surface area contributed by atoms with Crippen LogP contribution in [0.15, 0.2) is 24.3 Å². The molecule has 102 valence electrons. The number of hydrogen-bond acceptors (Lipinski definition) is 3. The van der Waals surface area contributed by atoms with Gasteiger partial charge in [-0.2, -0.15) is 0 Å². The average molecular weight is 278 g/mol. The Morgan fingerprint density at radius 3 is 2.79 bits per heavy atom. The van der Waals surface area contributed by atoms with Crippen LogP contribution in [0.5, 0.6) is 0 Å². The predicted octanol–water partition coefficient (Wildman–Crippen LogP) is 1.05. The Hall–Kier alpha value is -1.46. The molecule has 0 spiro atoms. The van der Waals surface area contributed by atoms with Crippen molar-refractivity contribution in [3.8, 4) is 0 Å². The molecule has 1 amide bonds. The highest BCUT2D eigenvalue weighted by Crippen LogP contribution is 2.10. The minimum Gasteiger partial charge on any atom is -0.391 e. The van der Waals surface area contributed by atoms with Crippen molar-refractivity contribution in [2.45, 2.75) is 19.4 Å². The lowest BCUT2D eigenvalue weighted by Crippen LogP contribution is -2.50. The Morgan fingerprint density at radius 2 is 2.16 bits per heavy atom. The molecule has 0 bridgehead atoms. The molecule has 1 fully saturated rings. The van der Waals surface area contributed by atoms with Crippen molar-refractivity contribution in [1.82, 2.24) is 4.90 Å². The van der Waals surface area contributed by atoms with Crippen LogP contribution in [0, 0.1) is 6.92 Å². The molecule has 1 unspecified atom stereocenters. The van der Waals surface area contributed by atoms with Crippen LogP contribution >= 0.6 is 12.2 Å². The molecule has 1 atom stereocenters. The molecule has 0 aromatic heterocycles. The van der Waals surface area contributed by atoms with Crippen LogP contribution in [0.4, 0.5) is 0 Å². The summed E-state index contributed by atoms with van der Waals surface area (Å²) in [7, 11) is 0. The van der Waals surface area contributed by atoms with E-state index in [0.29, 0.717) is 31.1 Å². The van der Waals surface area contributed by atoms with E-state index >= 15 is 0 Å². The number of amides is 1. The number of nitrogens with zero attached hydrogens (tertiary/aromatic N) is 1. The molecule has 1 heterocycles. The maximum absolute atomic E-state index is 12.2. The SMILES string of the molecule is Cc1ccc(CC(=O)N2CCOC(C(N)=S)C2)cc1. The molecule has 1 aromatic rings. The molecule has 2 N–H and O–H groups in total. The second kappa shape index (κ2) is 6.12. The number of hydrogen-bond donors (Lipinski definition) is 1. The van der Waals surface area contributed by atoms with E-state index in [1.54, 1.807) is 4.90 Å². The van der Waals surface area contributed by atoms with Crippen molar-refractivity contribution in [1.29, 1.82) is 0 Å². The third-order valence-corrected chi connectivity index (χ3v) is 3.48. The van der Waals surface area contributed by atoms with E-state index in [-0.39, 0.29) is 12.0 Å². The highest BCUT2D eigenvalue weighted by Gasteiger charge is 2.25. The maximum atomic E-state index is 12.2. The van der Waals surface area contributed by atoms with Crippen LogP contribution in [-0.2, 0) is 16.0 Å². The van der Waals surface area contributed by atoms with E-state index in [9.17, 15) is 4.79 Å². The number of benzene rings is 1. The van der Waals surface area contributed by atoms with E-state index in [1.807, 2.05) is 31.2 Å². The summed E-state index contributed by atoms with van der Waals surface area (Å²) in [6, 6.07) is 8.00. The number of nitrogens with two attached hydrogens (primary N) is 1. The number of carbonyl (C=O) groups excluding carboxylic acids is 1. The lowest BCUT2D eigenvalue weighted by atomic mass is 10.1. The molecular formula is C14H18N2O2S. The lowest BCUT2D eigenvalue weighted by molar-refractivity contribution is -0.135. The predicted molar refractivity (Wildman–Crippen MR) is 78.0 cm³/mol. The van der Waals surface area contributed by atoms with Gasteiger partial charge in [0.15, 0.2) is 0 Å². The highest BCUT2D eigenvalue weighted by molar-refractivity contribution is 7.80. The normalized spacial score (nSPS) is 19.2. The van der Waals surface area contributed by atoms with Gasteiger partial charge in [0.05, 0.1) is 19.6 Å². The van der Waals surface area contributed by atoms with Crippen LogP contribution in [0.25, 0.3) is 0 Å². The molecule has 1 aliphatic rings. The summed E-state index contributed by atoms with van der Waals surface area (Å²) in [5.41, 5.74) is 7.78. The molecule has 19 heavy (non-hydrogen) atoms. The van der Waals surface area contributed by atoms with Gasteiger partial charge in [-0.1, -0.05) is 42.0 Å². The van der Waals surface area contributed by atoms with Gasteiger partial charge in [-0.3, -0.25) is 4.79 Å². The zero-order chi connectivity index (χ0) is 13.8. The number of thiocarbonyl (C=S) groups is 1. The third-order valence-electron chi connectivity index (χ3n) is 3.21. The summed E-state index contributed by atoms with van der Waals surface area (Å²) in [6.07, 6.45) is 0.0929.